The van der Waals surface area contributed by atoms with Crippen molar-refractivity contribution in [2.24, 2.45) is 0 Å². The largest absolute Gasteiger partial charge is 0.477 e. The topological polar surface area (TPSA) is 83.8 Å². The molecule has 0 bridgehead atoms. The Hall–Kier alpha value is -2.81. The van der Waals surface area contributed by atoms with Gasteiger partial charge in [0.1, 0.15) is 4.91 Å². The van der Waals surface area contributed by atoms with E-state index in [1.54, 1.807) is 18.2 Å². The summed E-state index contributed by atoms with van der Waals surface area (Å²) in [6.45, 7) is 0. The average Bonchev–Trinajstić information content (AvgIpc) is 3.38. The number of H-pyrrole nitrogens is 1. The van der Waals surface area contributed by atoms with Gasteiger partial charge in [-0.25, -0.2) is 9.78 Å². The first kappa shape index (κ1) is 20.5. The number of thioether (sulfide) groups is 1. The number of halogens is 2. The number of aliphatic carboxylic acids is 1. The second kappa shape index (κ2) is 8.91. The van der Waals surface area contributed by atoms with Gasteiger partial charge in [-0.15, -0.1) is 5.10 Å². The number of hydrogen-bond acceptors (Lipinski definition) is 4. The molecular weight excluding hydrogens is 488 g/mol. The van der Waals surface area contributed by atoms with Crippen LogP contribution in [0.25, 0.3) is 23.2 Å². The van der Waals surface area contributed by atoms with Crippen LogP contribution in [0.2, 0.25) is 5.02 Å². The van der Waals surface area contributed by atoms with Crippen molar-refractivity contribution in [1.82, 2.24) is 19.7 Å². The van der Waals surface area contributed by atoms with E-state index in [4.69, 9.17) is 11.6 Å². The minimum Gasteiger partial charge on any atom is -0.477 e. The summed E-state index contributed by atoms with van der Waals surface area (Å²) in [5.41, 5.74) is 2.46. The van der Waals surface area contributed by atoms with Gasteiger partial charge in [0, 0.05) is 32.6 Å². The molecule has 9 heteroatoms. The molecule has 2 aromatic heterocycles. The average molecular weight is 502 g/mol. The van der Waals surface area contributed by atoms with E-state index in [0.717, 1.165) is 33.2 Å². The van der Waals surface area contributed by atoms with Crippen LogP contribution in [-0.4, -0.2) is 30.8 Å². The van der Waals surface area contributed by atoms with Gasteiger partial charge in [0.05, 0.1) is 0 Å². The standard InChI is InChI=1S/C21H14BrClN4O2S/c22-14-5-9-16(10-6-14)27-11-1-2-17(27)12-18(20(28)29)30-21-24-19(25-26-21)13-3-7-15(23)8-4-13/h1-12H,(H,28,29)(H,24,25,26)/b18-12-. The molecule has 0 saturated heterocycles. The molecule has 4 aromatic rings. The molecule has 0 unspecified atom stereocenters. The summed E-state index contributed by atoms with van der Waals surface area (Å²) in [6, 6.07) is 18.6. The molecule has 30 heavy (non-hydrogen) atoms. The van der Waals surface area contributed by atoms with Gasteiger partial charge in [-0.05, 0) is 78.5 Å². The van der Waals surface area contributed by atoms with Crippen LogP contribution in [0, 0.1) is 0 Å². The van der Waals surface area contributed by atoms with E-state index in [-0.39, 0.29) is 4.91 Å². The van der Waals surface area contributed by atoms with Crippen LogP contribution in [-0.2, 0) is 4.79 Å². The summed E-state index contributed by atoms with van der Waals surface area (Å²) < 4.78 is 2.88. The Morgan fingerprint density at radius 2 is 1.87 bits per heavy atom. The molecule has 0 amide bonds. The molecule has 0 saturated carbocycles. The highest BCUT2D eigenvalue weighted by Crippen LogP contribution is 2.28. The lowest BCUT2D eigenvalue weighted by Gasteiger charge is -2.07. The number of aromatic nitrogens is 4. The number of carbonyl (C=O) groups is 1. The number of benzene rings is 2. The van der Waals surface area contributed by atoms with E-state index in [0.29, 0.717) is 16.0 Å². The normalized spacial score (nSPS) is 11.6. The van der Waals surface area contributed by atoms with Gasteiger partial charge in [-0.2, -0.15) is 0 Å². The number of rotatable bonds is 6. The fraction of sp³-hybridized carbons (Fsp3) is 0. The first-order valence-electron chi connectivity index (χ1n) is 8.74. The lowest BCUT2D eigenvalue weighted by molar-refractivity contribution is -0.131. The van der Waals surface area contributed by atoms with E-state index >= 15 is 0 Å². The molecule has 150 valence electrons. The molecule has 0 fully saturated rings. The van der Waals surface area contributed by atoms with E-state index in [1.807, 2.05) is 59.3 Å². The quantitative estimate of drug-likeness (QED) is 0.254. The van der Waals surface area contributed by atoms with Crippen LogP contribution >= 0.6 is 39.3 Å². The Morgan fingerprint density at radius 3 is 2.57 bits per heavy atom. The third kappa shape index (κ3) is 4.67. The summed E-state index contributed by atoms with van der Waals surface area (Å²) in [7, 11) is 0. The van der Waals surface area contributed by atoms with Crippen LogP contribution in [0.4, 0.5) is 0 Å². The smallest absolute Gasteiger partial charge is 0.342 e. The number of carboxylic acid groups (broad SMARTS) is 1. The van der Waals surface area contributed by atoms with Crippen molar-refractivity contribution in [3.8, 4) is 17.1 Å². The van der Waals surface area contributed by atoms with Crippen LogP contribution < -0.4 is 0 Å². The Bertz CT molecular complexity index is 1220. The third-order valence-corrected chi connectivity index (χ3v) is 5.82. The van der Waals surface area contributed by atoms with Gasteiger partial charge in [0.2, 0.25) is 5.16 Å². The maximum atomic E-state index is 11.9. The molecule has 2 N–H and O–H groups in total. The molecule has 2 aromatic carbocycles. The van der Waals surface area contributed by atoms with Crippen LogP contribution in [0.3, 0.4) is 0 Å². The van der Waals surface area contributed by atoms with Crippen molar-refractivity contribution >= 4 is 51.3 Å². The molecule has 0 spiro atoms. The highest BCUT2D eigenvalue weighted by Gasteiger charge is 2.15. The number of nitrogens with zero attached hydrogens (tertiary/aromatic N) is 3. The van der Waals surface area contributed by atoms with Gasteiger partial charge in [-0.1, -0.05) is 27.5 Å². The zero-order valence-electron chi connectivity index (χ0n) is 15.3. The lowest BCUT2D eigenvalue weighted by Crippen LogP contribution is -2.00. The molecular formula is C21H14BrClN4O2S. The third-order valence-electron chi connectivity index (χ3n) is 4.16. The van der Waals surface area contributed by atoms with Crippen molar-refractivity contribution in [3.63, 3.8) is 0 Å². The van der Waals surface area contributed by atoms with Crippen molar-refractivity contribution in [2.45, 2.75) is 5.16 Å². The first-order valence-corrected chi connectivity index (χ1v) is 10.7. The Morgan fingerprint density at radius 1 is 1.13 bits per heavy atom. The van der Waals surface area contributed by atoms with E-state index in [2.05, 4.69) is 31.1 Å². The highest BCUT2D eigenvalue weighted by atomic mass is 79.9. The Balaban J connectivity index is 1.61. The Labute approximate surface area is 189 Å². The van der Waals surface area contributed by atoms with Gasteiger partial charge in [-0.3, -0.25) is 5.10 Å². The molecule has 6 nitrogen and oxygen atoms in total. The van der Waals surface area contributed by atoms with E-state index in [1.165, 1.54) is 0 Å². The maximum Gasteiger partial charge on any atom is 0.342 e. The van der Waals surface area contributed by atoms with Gasteiger partial charge in [0.25, 0.3) is 0 Å². The molecule has 4 rings (SSSR count). The second-order valence-electron chi connectivity index (χ2n) is 6.17. The molecule has 0 atom stereocenters. The summed E-state index contributed by atoms with van der Waals surface area (Å²) in [5, 5.41) is 17.6. The van der Waals surface area contributed by atoms with Crippen molar-refractivity contribution in [3.05, 3.63) is 87.0 Å². The zero-order chi connectivity index (χ0) is 21.1. The van der Waals surface area contributed by atoms with Crippen molar-refractivity contribution in [2.75, 3.05) is 0 Å². The number of carboxylic acids is 1. The van der Waals surface area contributed by atoms with Crippen LogP contribution in [0.15, 0.2) is 81.4 Å². The van der Waals surface area contributed by atoms with Crippen molar-refractivity contribution < 1.29 is 9.90 Å². The predicted octanol–water partition coefficient (Wildman–Crippen LogP) is 5.90. The van der Waals surface area contributed by atoms with Gasteiger partial charge in [0.15, 0.2) is 5.82 Å². The van der Waals surface area contributed by atoms with E-state index < -0.39 is 5.97 Å². The van der Waals surface area contributed by atoms with Crippen molar-refractivity contribution in [1.29, 1.82) is 0 Å². The summed E-state index contributed by atoms with van der Waals surface area (Å²) in [6.07, 6.45) is 3.48. The summed E-state index contributed by atoms with van der Waals surface area (Å²) in [4.78, 5) is 16.3. The molecule has 0 aliphatic carbocycles. The first-order chi connectivity index (χ1) is 14.5. The Kier molecular flexibility index (Phi) is 6.08. The number of aromatic amines is 1. The lowest BCUT2D eigenvalue weighted by atomic mass is 10.2. The van der Waals surface area contributed by atoms with Gasteiger partial charge >= 0.3 is 5.97 Å². The minimum atomic E-state index is -1.05. The molecule has 0 aliphatic rings. The fourth-order valence-electron chi connectivity index (χ4n) is 2.74. The van der Waals surface area contributed by atoms with Gasteiger partial charge < -0.3 is 9.67 Å². The predicted molar refractivity (Wildman–Crippen MR) is 122 cm³/mol. The summed E-state index contributed by atoms with van der Waals surface area (Å²) >= 11 is 10.3. The summed E-state index contributed by atoms with van der Waals surface area (Å²) in [5.74, 6) is -0.515. The fourth-order valence-corrected chi connectivity index (χ4v) is 3.83. The van der Waals surface area contributed by atoms with E-state index in [9.17, 15) is 9.90 Å². The molecule has 2 heterocycles. The highest BCUT2D eigenvalue weighted by molar-refractivity contribution is 9.10. The SMILES string of the molecule is O=C(O)/C(=C/c1cccn1-c1ccc(Br)cc1)Sc1n[nH]c(-c2ccc(Cl)cc2)n1. The molecule has 0 radical (unpaired) electrons. The zero-order valence-corrected chi connectivity index (χ0v) is 18.4. The van der Waals surface area contributed by atoms with Crippen LogP contribution in [0.5, 0.6) is 0 Å². The maximum absolute atomic E-state index is 11.9. The molecule has 0 aliphatic heterocycles. The monoisotopic (exact) mass is 500 g/mol. The minimum absolute atomic E-state index is 0.105. The number of nitrogens with one attached hydrogen (secondary N) is 1. The second-order valence-corrected chi connectivity index (χ2v) is 8.53. The number of hydrogen-bond donors (Lipinski definition) is 2. The van der Waals surface area contributed by atoms with Crippen LogP contribution in [0.1, 0.15) is 5.69 Å².